The smallest absolute Gasteiger partial charge is 0.330 e. The molecule has 0 bridgehead atoms. The van der Waals surface area contributed by atoms with Crippen molar-refractivity contribution < 1.29 is 38.5 Å². The Morgan fingerprint density at radius 3 is 2.45 bits per heavy atom. The number of fused-ring (bicyclic) bond motifs is 1. The van der Waals surface area contributed by atoms with E-state index in [0.717, 1.165) is 17.7 Å². The number of nitrogens with one attached hydrogen (secondary N) is 3. The van der Waals surface area contributed by atoms with Gasteiger partial charge < -0.3 is 30.9 Å². The van der Waals surface area contributed by atoms with E-state index in [2.05, 4.69) is 15.6 Å². The molecule has 200 valence electrons. The molecule has 1 fully saturated rings. The zero-order valence-corrected chi connectivity index (χ0v) is 20.6. The van der Waals surface area contributed by atoms with Crippen molar-refractivity contribution in [2.45, 2.75) is 18.5 Å². The molecule has 1 aliphatic heterocycles. The van der Waals surface area contributed by atoms with Crippen LogP contribution in [0, 0.1) is 18.6 Å². The molecular weight excluding hydrogens is 526 g/mol. The molecule has 1 atom stereocenters. The summed E-state index contributed by atoms with van der Waals surface area (Å²) in [6, 6.07) is 2.89. The number of aliphatic hydroxyl groups is 3. The third-order valence-electron chi connectivity index (χ3n) is 6.35. The molecule has 0 aliphatic carbocycles. The first-order valence-electron chi connectivity index (χ1n) is 11.3. The van der Waals surface area contributed by atoms with E-state index >= 15 is 0 Å². The van der Waals surface area contributed by atoms with Crippen molar-refractivity contribution in [1.82, 2.24) is 20.5 Å². The maximum absolute atomic E-state index is 14.1. The first kappa shape index (κ1) is 27.2. The largest absolute Gasteiger partial charge is 0.394 e. The van der Waals surface area contributed by atoms with Crippen LogP contribution in [0.4, 0.5) is 13.6 Å². The second-order valence-electron chi connectivity index (χ2n) is 8.82. The zero-order chi connectivity index (χ0) is 27.8. The molecule has 10 nitrogen and oxygen atoms in total. The number of carbonyl (C=O) groups excluding carboxylic acids is 3. The van der Waals surface area contributed by atoms with Crippen LogP contribution in [0.3, 0.4) is 0 Å². The van der Waals surface area contributed by atoms with Crippen LogP contribution in [-0.4, -0.2) is 68.4 Å². The van der Waals surface area contributed by atoms with Crippen molar-refractivity contribution in [2.75, 3.05) is 19.8 Å². The van der Waals surface area contributed by atoms with Gasteiger partial charge in [0.25, 0.3) is 5.91 Å². The summed E-state index contributed by atoms with van der Waals surface area (Å²) >= 11 is 6.16. The van der Waals surface area contributed by atoms with E-state index in [1.807, 2.05) is 0 Å². The SMILES string of the molecule is Cc1c(Cl)ccc2c(/C=C3\NC(=O)N(C(C(=O)NC(CO)(CO)CO)c4ccc(F)c(F)c4)C3=O)c[nH]c12. The number of aryl methyl sites for hydroxylation is 1. The monoisotopic (exact) mass is 548 g/mol. The molecule has 4 rings (SSSR count). The fraction of sp³-hybridized carbons (Fsp3) is 0.240. The van der Waals surface area contributed by atoms with Crippen molar-refractivity contribution in [3.8, 4) is 0 Å². The highest BCUT2D eigenvalue weighted by Gasteiger charge is 2.45. The highest BCUT2D eigenvalue weighted by molar-refractivity contribution is 6.32. The summed E-state index contributed by atoms with van der Waals surface area (Å²) in [5, 5.41) is 34.7. The van der Waals surface area contributed by atoms with Gasteiger partial charge in [0.05, 0.1) is 25.3 Å². The van der Waals surface area contributed by atoms with Crippen LogP contribution in [0.2, 0.25) is 5.02 Å². The van der Waals surface area contributed by atoms with E-state index in [1.165, 1.54) is 6.08 Å². The number of aromatic amines is 1. The number of benzene rings is 2. The first-order valence-corrected chi connectivity index (χ1v) is 11.7. The molecule has 4 amide bonds. The molecule has 2 heterocycles. The fourth-order valence-corrected chi connectivity index (χ4v) is 4.25. The molecule has 2 aromatic carbocycles. The number of carbonyl (C=O) groups is 3. The quantitative estimate of drug-likeness (QED) is 0.186. The van der Waals surface area contributed by atoms with Crippen molar-refractivity contribution in [3.63, 3.8) is 0 Å². The molecule has 0 radical (unpaired) electrons. The Balaban J connectivity index is 1.76. The molecule has 38 heavy (non-hydrogen) atoms. The van der Waals surface area contributed by atoms with E-state index in [0.29, 0.717) is 32.5 Å². The van der Waals surface area contributed by atoms with Crippen LogP contribution in [0.1, 0.15) is 22.7 Å². The van der Waals surface area contributed by atoms with Crippen LogP contribution in [0.15, 0.2) is 42.2 Å². The number of amides is 4. The van der Waals surface area contributed by atoms with Gasteiger partial charge in [-0.05, 0) is 42.3 Å². The molecular formula is C25H23ClF2N4O6. The van der Waals surface area contributed by atoms with Gasteiger partial charge >= 0.3 is 6.03 Å². The molecule has 0 spiro atoms. The van der Waals surface area contributed by atoms with Crippen molar-refractivity contribution >= 4 is 46.4 Å². The summed E-state index contributed by atoms with van der Waals surface area (Å²) in [4.78, 5) is 43.2. The summed E-state index contributed by atoms with van der Waals surface area (Å²) in [5.41, 5.74) is -0.390. The van der Waals surface area contributed by atoms with E-state index in [9.17, 15) is 38.5 Å². The highest BCUT2D eigenvalue weighted by atomic mass is 35.5. The van der Waals surface area contributed by atoms with Crippen molar-refractivity contribution in [2.24, 2.45) is 0 Å². The summed E-state index contributed by atoms with van der Waals surface area (Å²) in [7, 11) is 0. The molecule has 6 N–H and O–H groups in total. The van der Waals surface area contributed by atoms with E-state index in [-0.39, 0.29) is 11.3 Å². The third kappa shape index (κ3) is 4.74. The first-order chi connectivity index (χ1) is 18.1. The minimum Gasteiger partial charge on any atom is -0.394 e. The van der Waals surface area contributed by atoms with Gasteiger partial charge in [0.1, 0.15) is 17.3 Å². The molecule has 0 saturated carbocycles. The van der Waals surface area contributed by atoms with Crippen LogP contribution >= 0.6 is 11.6 Å². The summed E-state index contributed by atoms with van der Waals surface area (Å²) in [6.07, 6.45) is 2.98. The molecule has 1 aliphatic rings. The lowest BCUT2D eigenvalue weighted by Crippen LogP contribution is -2.59. The number of aliphatic hydroxyl groups excluding tert-OH is 3. The Bertz CT molecular complexity index is 1460. The van der Waals surface area contributed by atoms with E-state index in [4.69, 9.17) is 11.6 Å². The molecule has 3 aromatic rings. The van der Waals surface area contributed by atoms with Gasteiger partial charge in [0.2, 0.25) is 5.91 Å². The zero-order valence-electron chi connectivity index (χ0n) is 19.9. The summed E-state index contributed by atoms with van der Waals surface area (Å²) in [5.74, 6) is -4.66. The molecule has 1 unspecified atom stereocenters. The Morgan fingerprint density at radius 1 is 1.13 bits per heavy atom. The number of urea groups is 1. The lowest BCUT2D eigenvalue weighted by molar-refractivity contribution is -0.136. The second-order valence-corrected chi connectivity index (χ2v) is 9.23. The molecule has 13 heteroatoms. The number of aromatic nitrogens is 1. The summed E-state index contributed by atoms with van der Waals surface area (Å²) in [6.45, 7) is -0.888. The average Bonchev–Trinajstić information content (AvgIpc) is 3.43. The lowest BCUT2D eigenvalue weighted by atomic mass is 9.99. The maximum atomic E-state index is 14.1. The number of halogens is 3. The van der Waals surface area contributed by atoms with Crippen LogP contribution in [0.25, 0.3) is 17.0 Å². The minimum absolute atomic E-state index is 0.207. The van der Waals surface area contributed by atoms with Gasteiger partial charge in [-0.15, -0.1) is 0 Å². The van der Waals surface area contributed by atoms with Gasteiger partial charge in [0, 0.05) is 22.2 Å². The standard InChI is InChI=1S/C25H23ClF2N4O6/c1-12-16(26)4-3-15-14(8-29-20(12)15)7-19-23(37)32(24(38)30-19)21(13-2-5-17(27)18(28)6-13)22(36)31-25(9-33,10-34)11-35/h2-8,21,29,33-35H,9-11H2,1H3,(H,30,38)(H,31,36)/b19-7-. The highest BCUT2D eigenvalue weighted by Crippen LogP contribution is 2.31. The Morgan fingerprint density at radius 2 is 1.82 bits per heavy atom. The van der Waals surface area contributed by atoms with Crippen molar-refractivity contribution in [1.29, 1.82) is 0 Å². The Kier molecular flexibility index (Phi) is 7.51. The van der Waals surface area contributed by atoms with Gasteiger partial charge in [-0.1, -0.05) is 23.7 Å². The molecule has 1 aromatic heterocycles. The molecule has 1 saturated heterocycles. The lowest BCUT2D eigenvalue weighted by Gasteiger charge is -2.32. The number of nitrogens with zero attached hydrogens (tertiary/aromatic N) is 1. The maximum Gasteiger partial charge on any atom is 0.330 e. The average molecular weight is 549 g/mol. The van der Waals surface area contributed by atoms with Gasteiger partial charge in [-0.25, -0.2) is 18.5 Å². The van der Waals surface area contributed by atoms with Crippen LogP contribution in [0.5, 0.6) is 0 Å². The number of hydrogen-bond donors (Lipinski definition) is 6. The van der Waals surface area contributed by atoms with Crippen molar-refractivity contribution in [3.05, 3.63) is 75.6 Å². The predicted octanol–water partition coefficient (Wildman–Crippen LogP) is 1.87. The minimum atomic E-state index is -1.92. The van der Waals surface area contributed by atoms with E-state index in [1.54, 1.807) is 25.3 Å². The van der Waals surface area contributed by atoms with Crippen LogP contribution < -0.4 is 10.6 Å². The number of rotatable bonds is 8. The number of imide groups is 1. The topological polar surface area (TPSA) is 155 Å². The third-order valence-corrected chi connectivity index (χ3v) is 6.76. The summed E-state index contributed by atoms with van der Waals surface area (Å²) < 4.78 is 27.7. The fourth-order valence-electron chi connectivity index (χ4n) is 4.10. The second kappa shape index (κ2) is 10.5. The number of H-pyrrole nitrogens is 1. The van der Waals surface area contributed by atoms with E-state index < -0.39 is 60.9 Å². The van der Waals surface area contributed by atoms with Gasteiger partial charge in [-0.2, -0.15) is 0 Å². The Labute approximate surface area is 219 Å². The normalized spacial score (nSPS) is 15.9. The van der Waals surface area contributed by atoms with Crippen LogP contribution in [-0.2, 0) is 9.59 Å². The number of hydrogen-bond acceptors (Lipinski definition) is 6. The van der Waals surface area contributed by atoms with Gasteiger partial charge in [-0.3, -0.25) is 9.59 Å². The van der Waals surface area contributed by atoms with Gasteiger partial charge in [0.15, 0.2) is 11.6 Å². The predicted molar refractivity (Wildman–Crippen MR) is 133 cm³/mol. The Hall–Kier alpha value is -3.84.